The molecule has 4 N–H and O–H groups in total. The number of carbonyl (C=O) groups is 2. The van der Waals surface area contributed by atoms with E-state index in [9.17, 15) is 9.59 Å². The maximum Gasteiger partial charge on any atom is 0.325 e. The van der Waals surface area contributed by atoms with Gasteiger partial charge in [0.1, 0.15) is 5.54 Å². The van der Waals surface area contributed by atoms with Crippen molar-refractivity contribution in [1.29, 1.82) is 0 Å². The van der Waals surface area contributed by atoms with Crippen molar-refractivity contribution in [2.75, 3.05) is 5.43 Å². The molecular formula is C12H17N5O2. The molecule has 19 heavy (non-hydrogen) atoms. The Morgan fingerprint density at radius 1 is 1.53 bits per heavy atom. The van der Waals surface area contributed by atoms with E-state index in [1.54, 1.807) is 25.3 Å². The lowest BCUT2D eigenvalue weighted by Crippen LogP contribution is -2.43. The maximum absolute atomic E-state index is 12.2. The highest BCUT2D eigenvalue weighted by molar-refractivity contribution is 6.06. The zero-order valence-electron chi connectivity index (χ0n) is 10.9. The Morgan fingerprint density at radius 2 is 2.26 bits per heavy atom. The van der Waals surface area contributed by atoms with Crippen LogP contribution in [0.3, 0.4) is 0 Å². The van der Waals surface area contributed by atoms with E-state index < -0.39 is 5.54 Å². The van der Waals surface area contributed by atoms with Crippen molar-refractivity contribution < 1.29 is 9.59 Å². The molecule has 0 radical (unpaired) electrons. The van der Waals surface area contributed by atoms with Crippen LogP contribution in [0.5, 0.6) is 0 Å². The monoisotopic (exact) mass is 263 g/mol. The van der Waals surface area contributed by atoms with Gasteiger partial charge < -0.3 is 10.7 Å². The topological polar surface area (TPSA) is 100 Å². The fourth-order valence-electron chi connectivity index (χ4n) is 1.95. The Balaban J connectivity index is 2.19. The van der Waals surface area contributed by atoms with Crippen molar-refractivity contribution in [3.8, 4) is 0 Å². The van der Waals surface area contributed by atoms with Gasteiger partial charge in [0, 0.05) is 6.20 Å². The van der Waals surface area contributed by atoms with Gasteiger partial charge in [-0.25, -0.2) is 4.79 Å². The lowest BCUT2D eigenvalue weighted by molar-refractivity contribution is -0.131. The van der Waals surface area contributed by atoms with Crippen LogP contribution >= 0.6 is 0 Å². The number of aromatic nitrogens is 1. The summed E-state index contributed by atoms with van der Waals surface area (Å²) in [5.41, 5.74) is 2.95. The summed E-state index contributed by atoms with van der Waals surface area (Å²) in [7, 11) is 0. The number of carbonyl (C=O) groups excluding carboxylic acids is 2. The average molecular weight is 263 g/mol. The van der Waals surface area contributed by atoms with Gasteiger partial charge in [-0.05, 0) is 25.5 Å². The second kappa shape index (κ2) is 4.85. The molecule has 1 atom stereocenters. The molecule has 2 heterocycles. The predicted molar refractivity (Wildman–Crippen MR) is 69.8 cm³/mol. The molecular weight excluding hydrogens is 246 g/mol. The number of nitrogens with zero attached hydrogens (tertiary/aromatic N) is 2. The van der Waals surface area contributed by atoms with Crippen molar-refractivity contribution in [3.63, 3.8) is 0 Å². The Hall–Kier alpha value is -2.15. The minimum Gasteiger partial charge on any atom is -0.324 e. The average Bonchev–Trinajstić information content (AvgIpc) is 2.63. The second-order valence-corrected chi connectivity index (χ2v) is 4.69. The van der Waals surface area contributed by atoms with Crippen LogP contribution in [-0.4, -0.2) is 27.4 Å². The first-order valence-corrected chi connectivity index (χ1v) is 6.06. The number of nitrogens with one attached hydrogen (secondary N) is 2. The van der Waals surface area contributed by atoms with Crippen LogP contribution in [0.4, 0.5) is 10.5 Å². The van der Waals surface area contributed by atoms with E-state index in [-0.39, 0.29) is 18.5 Å². The standard InChI is InChI=1S/C12H17N5O2/c1-3-12(2)10(18)17(11(19)15-12)7-9-6-8(16-13)4-5-14-9/h4-6H,3,7,13H2,1-2H3,(H,14,16)(H,15,19). The fourth-order valence-corrected chi connectivity index (χ4v) is 1.95. The normalized spacial score (nSPS) is 22.6. The van der Waals surface area contributed by atoms with E-state index in [1.165, 1.54) is 4.90 Å². The second-order valence-electron chi connectivity index (χ2n) is 4.69. The van der Waals surface area contributed by atoms with E-state index >= 15 is 0 Å². The molecule has 1 aromatic heterocycles. The number of hydrazine groups is 1. The van der Waals surface area contributed by atoms with Gasteiger partial charge in [0.15, 0.2) is 0 Å². The third-order valence-electron chi connectivity index (χ3n) is 3.36. The van der Waals surface area contributed by atoms with E-state index in [0.717, 1.165) is 0 Å². The molecule has 1 saturated heterocycles. The number of urea groups is 1. The summed E-state index contributed by atoms with van der Waals surface area (Å²) in [5.74, 6) is 5.08. The van der Waals surface area contributed by atoms with Gasteiger partial charge in [0.05, 0.1) is 17.9 Å². The number of hydrogen-bond donors (Lipinski definition) is 3. The Labute approximate surface area is 111 Å². The molecule has 3 amide bonds. The van der Waals surface area contributed by atoms with Gasteiger partial charge in [-0.15, -0.1) is 0 Å². The van der Waals surface area contributed by atoms with Crippen molar-refractivity contribution in [2.45, 2.75) is 32.4 Å². The molecule has 7 heteroatoms. The van der Waals surface area contributed by atoms with Crippen LogP contribution in [0.15, 0.2) is 18.3 Å². The smallest absolute Gasteiger partial charge is 0.324 e. The zero-order chi connectivity index (χ0) is 14.0. The summed E-state index contributed by atoms with van der Waals surface area (Å²) >= 11 is 0. The molecule has 1 aliphatic heterocycles. The van der Waals surface area contributed by atoms with Crippen LogP contribution in [0.1, 0.15) is 26.0 Å². The Kier molecular flexibility index (Phi) is 3.39. The molecule has 1 aliphatic rings. The molecule has 0 bridgehead atoms. The van der Waals surface area contributed by atoms with Crippen LogP contribution in [0.25, 0.3) is 0 Å². The summed E-state index contributed by atoms with van der Waals surface area (Å²) in [5, 5.41) is 2.70. The van der Waals surface area contributed by atoms with Gasteiger partial charge in [0.25, 0.3) is 5.91 Å². The molecule has 0 saturated carbocycles. The number of nitrogen functional groups attached to an aromatic ring is 1. The maximum atomic E-state index is 12.2. The number of nitrogens with two attached hydrogens (primary N) is 1. The summed E-state index contributed by atoms with van der Waals surface area (Å²) < 4.78 is 0. The third-order valence-corrected chi connectivity index (χ3v) is 3.36. The van der Waals surface area contributed by atoms with Crippen molar-refractivity contribution in [1.82, 2.24) is 15.2 Å². The van der Waals surface area contributed by atoms with E-state index in [0.29, 0.717) is 17.8 Å². The lowest BCUT2D eigenvalue weighted by atomic mass is 9.99. The predicted octanol–water partition coefficient (Wildman–Crippen LogP) is 0.588. The highest BCUT2D eigenvalue weighted by Gasteiger charge is 2.46. The van der Waals surface area contributed by atoms with Gasteiger partial charge in [-0.1, -0.05) is 6.92 Å². The summed E-state index contributed by atoms with van der Waals surface area (Å²) in [6.45, 7) is 3.72. The quantitative estimate of drug-likeness (QED) is 0.419. The minimum atomic E-state index is -0.819. The molecule has 1 fully saturated rings. The Bertz CT molecular complexity index is 519. The molecule has 1 unspecified atom stereocenters. The van der Waals surface area contributed by atoms with Crippen LogP contribution < -0.4 is 16.6 Å². The van der Waals surface area contributed by atoms with Gasteiger partial charge in [-0.2, -0.15) is 0 Å². The molecule has 102 valence electrons. The van der Waals surface area contributed by atoms with Gasteiger partial charge in [-0.3, -0.25) is 20.5 Å². The number of pyridine rings is 1. The van der Waals surface area contributed by atoms with Crippen LogP contribution in [0, 0.1) is 0 Å². The highest BCUT2D eigenvalue weighted by atomic mass is 16.2. The first-order chi connectivity index (χ1) is 9.00. The fraction of sp³-hybridized carbons (Fsp3) is 0.417. The van der Waals surface area contributed by atoms with Crippen molar-refractivity contribution in [3.05, 3.63) is 24.0 Å². The SMILES string of the molecule is CCC1(C)NC(=O)N(Cc2cc(NN)ccn2)C1=O. The largest absolute Gasteiger partial charge is 0.325 e. The first kappa shape index (κ1) is 13.3. The summed E-state index contributed by atoms with van der Waals surface area (Å²) in [6, 6.07) is 3.01. The Morgan fingerprint density at radius 3 is 2.84 bits per heavy atom. The molecule has 2 rings (SSSR count). The molecule has 0 aromatic carbocycles. The van der Waals surface area contributed by atoms with Crippen LogP contribution in [-0.2, 0) is 11.3 Å². The number of imide groups is 1. The number of anilines is 1. The molecule has 7 nitrogen and oxygen atoms in total. The molecule has 0 spiro atoms. The van der Waals surface area contributed by atoms with Crippen LogP contribution in [0.2, 0.25) is 0 Å². The van der Waals surface area contributed by atoms with Gasteiger partial charge in [0.2, 0.25) is 0 Å². The molecule has 1 aromatic rings. The van der Waals surface area contributed by atoms with Gasteiger partial charge >= 0.3 is 6.03 Å². The van der Waals surface area contributed by atoms with Crippen molar-refractivity contribution in [2.24, 2.45) is 5.84 Å². The summed E-state index contributed by atoms with van der Waals surface area (Å²) in [4.78, 5) is 29.3. The number of amides is 3. The minimum absolute atomic E-state index is 0.135. The van der Waals surface area contributed by atoms with E-state index in [4.69, 9.17) is 5.84 Å². The third kappa shape index (κ3) is 2.37. The molecule has 0 aliphatic carbocycles. The zero-order valence-corrected chi connectivity index (χ0v) is 10.9. The van der Waals surface area contributed by atoms with E-state index in [1.807, 2.05) is 6.92 Å². The highest BCUT2D eigenvalue weighted by Crippen LogP contribution is 2.22. The lowest BCUT2D eigenvalue weighted by Gasteiger charge is -2.19. The van der Waals surface area contributed by atoms with E-state index in [2.05, 4.69) is 15.7 Å². The number of hydrogen-bond acceptors (Lipinski definition) is 5. The van der Waals surface area contributed by atoms with Crippen molar-refractivity contribution >= 4 is 17.6 Å². The first-order valence-electron chi connectivity index (χ1n) is 6.06. The number of rotatable bonds is 4. The summed E-state index contributed by atoms with van der Waals surface area (Å²) in [6.07, 6.45) is 2.12.